The molecule has 3 rings (SSSR count). The van der Waals surface area contributed by atoms with Gasteiger partial charge in [0.05, 0.1) is 18.7 Å². The summed E-state index contributed by atoms with van der Waals surface area (Å²) in [5, 5.41) is 14.0. The summed E-state index contributed by atoms with van der Waals surface area (Å²) in [5.41, 5.74) is 0.266. The minimum atomic E-state index is -4.79. The van der Waals surface area contributed by atoms with E-state index >= 15 is 0 Å². The Hall–Kier alpha value is -2.04. The molecule has 1 aliphatic rings. The first-order valence-electron chi connectivity index (χ1n) is 6.62. The summed E-state index contributed by atoms with van der Waals surface area (Å²) in [5.74, 6) is -2.82. The quantitative estimate of drug-likeness (QED) is 0.870. The van der Waals surface area contributed by atoms with Crippen molar-refractivity contribution in [2.75, 3.05) is 6.61 Å². The maximum absolute atomic E-state index is 14.1. The van der Waals surface area contributed by atoms with Crippen LogP contribution in [0.4, 0.5) is 17.6 Å². The molecule has 23 heavy (non-hydrogen) atoms. The number of rotatable bonds is 3. The van der Waals surface area contributed by atoms with Crippen LogP contribution in [-0.2, 0) is 17.6 Å². The molecule has 0 amide bonds. The Morgan fingerprint density at radius 1 is 1.35 bits per heavy atom. The van der Waals surface area contributed by atoms with E-state index < -0.39 is 29.9 Å². The molecular weight excluding hydrogens is 322 g/mol. The first-order chi connectivity index (χ1) is 10.8. The smallest absolute Gasteiger partial charge is 0.376 e. The Kier molecular flexibility index (Phi) is 4.04. The van der Waals surface area contributed by atoms with E-state index in [1.54, 1.807) is 0 Å². The van der Waals surface area contributed by atoms with Crippen molar-refractivity contribution in [3.05, 3.63) is 35.5 Å². The Bertz CT molecular complexity index is 704. The first-order valence-corrected chi connectivity index (χ1v) is 6.62. The largest absolute Gasteiger partial charge is 0.471 e. The topological polar surface area (TPSA) is 71.6 Å². The van der Waals surface area contributed by atoms with Crippen molar-refractivity contribution < 1.29 is 32.0 Å². The number of nitrogens with zero attached hydrogens (tertiary/aromatic N) is 3. The number of aromatic nitrogens is 2. The summed E-state index contributed by atoms with van der Waals surface area (Å²) in [7, 11) is 0. The van der Waals surface area contributed by atoms with Crippen LogP contribution in [0.5, 0.6) is 0 Å². The maximum Gasteiger partial charge on any atom is 0.471 e. The fourth-order valence-corrected chi connectivity index (χ4v) is 2.12. The summed E-state index contributed by atoms with van der Waals surface area (Å²) in [6.07, 6.45) is -5.11. The lowest BCUT2D eigenvalue weighted by Crippen LogP contribution is -2.27. The van der Waals surface area contributed by atoms with Gasteiger partial charge in [0, 0.05) is 6.42 Å². The van der Waals surface area contributed by atoms with Crippen molar-refractivity contribution in [3.8, 4) is 11.4 Å². The minimum absolute atomic E-state index is 0.137. The zero-order chi connectivity index (χ0) is 16.6. The number of hydroxylamine groups is 2. The molecule has 0 spiro atoms. The zero-order valence-electron chi connectivity index (χ0n) is 11.5. The third-order valence-corrected chi connectivity index (χ3v) is 3.25. The number of aliphatic hydroxyl groups is 1. The van der Waals surface area contributed by atoms with Crippen molar-refractivity contribution in [3.63, 3.8) is 0 Å². The van der Waals surface area contributed by atoms with E-state index in [1.165, 1.54) is 17.2 Å². The van der Waals surface area contributed by atoms with Gasteiger partial charge in [-0.2, -0.15) is 23.2 Å². The molecule has 0 aliphatic carbocycles. The van der Waals surface area contributed by atoms with Crippen LogP contribution in [0.3, 0.4) is 0 Å². The second-order valence-corrected chi connectivity index (χ2v) is 4.91. The number of hydrogen-bond donors (Lipinski definition) is 1. The molecule has 124 valence electrons. The van der Waals surface area contributed by atoms with Crippen LogP contribution >= 0.6 is 0 Å². The highest BCUT2D eigenvalue weighted by molar-refractivity contribution is 5.55. The molecule has 1 fully saturated rings. The van der Waals surface area contributed by atoms with Crippen molar-refractivity contribution in [1.82, 2.24) is 15.2 Å². The number of aliphatic hydroxyl groups excluding tert-OH is 1. The average Bonchev–Trinajstić information content (AvgIpc) is 3.09. The van der Waals surface area contributed by atoms with Crippen molar-refractivity contribution in [2.24, 2.45) is 0 Å². The van der Waals surface area contributed by atoms with Gasteiger partial charge in [-0.15, -0.1) is 0 Å². The molecular formula is C13H11F4N3O3. The normalized spacial score (nSPS) is 19.4. The fourth-order valence-electron chi connectivity index (χ4n) is 2.12. The van der Waals surface area contributed by atoms with Gasteiger partial charge in [0.1, 0.15) is 12.0 Å². The summed E-state index contributed by atoms with van der Waals surface area (Å²) < 4.78 is 55.4. The summed E-state index contributed by atoms with van der Waals surface area (Å²) in [4.78, 5) is 8.30. The summed E-state index contributed by atoms with van der Waals surface area (Å²) in [6.45, 7) is 0.503. The Balaban J connectivity index is 1.80. The van der Waals surface area contributed by atoms with E-state index in [0.717, 1.165) is 6.07 Å². The molecule has 1 atom stereocenters. The van der Waals surface area contributed by atoms with Gasteiger partial charge in [0.2, 0.25) is 5.82 Å². The summed E-state index contributed by atoms with van der Waals surface area (Å²) >= 11 is 0. The summed E-state index contributed by atoms with van der Waals surface area (Å²) in [6, 6.07) is 3.85. The lowest BCUT2D eigenvalue weighted by atomic mass is 10.1. The van der Waals surface area contributed by atoms with Crippen LogP contribution < -0.4 is 0 Å². The number of hydrogen-bond acceptors (Lipinski definition) is 6. The van der Waals surface area contributed by atoms with Crippen molar-refractivity contribution in [2.45, 2.75) is 25.4 Å². The number of halogens is 4. The van der Waals surface area contributed by atoms with Crippen molar-refractivity contribution in [1.29, 1.82) is 0 Å². The molecule has 1 aromatic carbocycles. The second-order valence-electron chi connectivity index (χ2n) is 4.91. The molecule has 2 aromatic rings. The van der Waals surface area contributed by atoms with Crippen LogP contribution in [0.25, 0.3) is 11.4 Å². The molecule has 6 nitrogen and oxygen atoms in total. The van der Waals surface area contributed by atoms with Crippen LogP contribution in [0.2, 0.25) is 0 Å². The number of alkyl halides is 3. The van der Waals surface area contributed by atoms with Crippen LogP contribution in [0.15, 0.2) is 22.7 Å². The highest BCUT2D eigenvalue weighted by Crippen LogP contribution is 2.30. The Morgan fingerprint density at radius 2 is 2.13 bits per heavy atom. The van der Waals surface area contributed by atoms with Gasteiger partial charge in [-0.05, 0) is 17.7 Å². The van der Waals surface area contributed by atoms with Gasteiger partial charge in [-0.1, -0.05) is 11.2 Å². The highest BCUT2D eigenvalue weighted by atomic mass is 19.4. The molecule has 1 aliphatic heterocycles. The monoisotopic (exact) mass is 333 g/mol. The zero-order valence-corrected chi connectivity index (χ0v) is 11.5. The predicted molar refractivity (Wildman–Crippen MR) is 66.8 cm³/mol. The van der Waals surface area contributed by atoms with E-state index in [-0.39, 0.29) is 12.1 Å². The van der Waals surface area contributed by atoms with Gasteiger partial charge >= 0.3 is 12.1 Å². The minimum Gasteiger partial charge on any atom is -0.376 e. The number of benzene rings is 1. The van der Waals surface area contributed by atoms with Gasteiger partial charge in [-0.3, -0.25) is 4.84 Å². The third-order valence-electron chi connectivity index (χ3n) is 3.25. The Morgan fingerprint density at radius 3 is 2.70 bits per heavy atom. The standard InChI is InChI=1S/C13H11F4N3O3/c14-9-5-7(6-20-10(21)3-4-22-20)1-2-8(9)11-18-12(23-19-11)13(15,16)17/h1-2,5,10,21H,3-4,6H2. The predicted octanol–water partition coefficient (Wildman–Crippen LogP) is 2.35. The average molecular weight is 333 g/mol. The molecule has 2 heterocycles. The molecule has 1 N–H and O–H groups in total. The lowest BCUT2D eigenvalue weighted by Gasteiger charge is -2.18. The first kappa shape index (κ1) is 15.8. The SMILES string of the molecule is OC1CCON1Cc1ccc(-c2noc(C(F)(F)F)n2)c(F)c1. The van der Waals surface area contributed by atoms with E-state index in [2.05, 4.69) is 14.7 Å². The molecule has 0 bridgehead atoms. The molecule has 10 heteroatoms. The Labute approximate surface area is 127 Å². The molecule has 1 unspecified atom stereocenters. The second kappa shape index (κ2) is 5.87. The third kappa shape index (κ3) is 3.33. The van der Waals surface area contributed by atoms with Crippen LogP contribution in [-0.4, -0.2) is 33.1 Å². The molecule has 1 aromatic heterocycles. The molecule has 1 saturated heterocycles. The van der Waals surface area contributed by atoms with Gasteiger partial charge in [0.25, 0.3) is 0 Å². The molecule has 0 saturated carbocycles. The van der Waals surface area contributed by atoms with Gasteiger partial charge in [-0.25, -0.2) is 4.39 Å². The van der Waals surface area contributed by atoms with E-state index in [9.17, 15) is 22.7 Å². The van der Waals surface area contributed by atoms with Crippen molar-refractivity contribution >= 4 is 0 Å². The van der Waals surface area contributed by atoms with Crippen LogP contribution in [0, 0.1) is 5.82 Å². The van der Waals surface area contributed by atoms with E-state index in [4.69, 9.17) is 4.84 Å². The maximum atomic E-state index is 14.1. The highest BCUT2D eigenvalue weighted by Gasteiger charge is 2.38. The van der Waals surface area contributed by atoms with Gasteiger partial charge in [0.15, 0.2) is 0 Å². The lowest BCUT2D eigenvalue weighted by molar-refractivity contribution is -0.187. The van der Waals surface area contributed by atoms with E-state index in [1.807, 2.05) is 0 Å². The molecule has 0 radical (unpaired) electrons. The van der Waals surface area contributed by atoms with Gasteiger partial charge < -0.3 is 9.63 Å². The fraction of sp³-hybridized carbons (Fsp3) is 0.385. The van der Waals surface area contributed by atoms with E-state index in [0.29, 0.717) is 18.6 Å². The van der Waals surface area contributed by atoms with Crippen LogP contribution in [0.1, 0.15) is 17.9 Å².